The average Bonchev–Trinajstić information content (AvgIpc) is 3.05. The molecule has 130 valence electrons. The predicted molar refractivity (Wildman–Crippen MR) is 86.4 cm³/mol. The van der Waals surface area contributed by atoms with Gasteiger partial charge in [0.1, 0.15) is 11.6 Å². The minimum atomic E-state index is -4.42. The second-order valence-corrected chi connectivity index (χ2v) is 6.14. The maximum atomic E-state index is 13.3. The summed E-state index contributed by atoms with van der Waals surface area (Å²) in [6.45, 7) is 0.989. The highest BCUT2D eigenvalue weighted by atomic mass is 19.4. The normalized spacial score (nSPS) is 18.7. The van der Waals surface area contributed by atoms with Crippen LogP contribution in [0, 0.1) is 0 Å². The van der Waals surface area contributed by atoms with Crippen LogP contribution in [0.15, 0.2) is 42.7 Å². The summed E-state index contributed by atoms with van der Waals surface area (Å²) in [5.41, 5.74) is 0.0465. The Morgan fingerprint density at radius 2 is 1.96 bits per heavy atom. The van der Waals surface area contributed by atoms with Gasteiger partial charge in [0.25, 0.3) is 0 Å². The Morgan fingerprint density at radius 1 is 1.08 bits per heavy atom. The monoisotopic (exact) mass is 347 g/mol. The van der Waals surface area contributed by atoms with Crippen molar-refractivity contribution in [2.24, 2.45) is 0 Å². The molecule has 0 unspecified atom stereocenters. The van der Waals surface area contributed by atoms with Crippen molar-refractivity contribution in [3.63, 3.8) is 0 Å². The van der Waals surface area contributed by atoms with E-state index in [4.69, 9.17) is 0 Å². The van der Waals surface area contributed by atoms with Gasteiger partial charge >= 0.3 is 6.18 Å². The summed E-state index contributed by atoms with van der Waals surface area (Å²) < 4.78 is 41.8. The number of alkyl halides is 3. The third kappa shape index (κ3) is 2.92. The van der Waals surface area contributed by atoms with Crippen LogP contribution in [0.5, 0.6) is 0 Å². The van der Waals surface area contributed by atoms with Crippen LogP contribution in [0.3, 0.4) is 0 Å². The quantitative estimate of drug-likeness (QED) is 0.712. The minimum Gasteiger partial charge on any atom is -0.355 e. The lowest BCUT2D eigenvalue weighted by Gasteiger charge is -2.34. The van der Waals surface area contributed by atoms with E-state index in [0.717, 1.165) is 30.4 Å². The maximum absolute atomic E-state index is 13.3. The number of halogens is 3. The van der Waals surface area contributed by atoms with Crippen LogP contribution in [-0.2, 0) is 6.18 Å². The highest BCUT2D eigenvalue weighted by Gasteiger charge is 2.37. The van der Waals surface area contributed by atoms with E-state index in [9.17, 15) is 13.2 Å². The van der Waals surface area contributed by atoms with Crippen LogP contribution in [0.4, 0.5) is 19.0 Å². The van der Waals surface area contributed by atoms with Crippen molar-refractivity contribution in [1.82, 2.24) is 19.6 Å². The van der Waals surface area contributed by atoms with Crippen LogP contribution >= 0.6 is 0 Å². The smallest absolute Gasteiger partial charge is 0.355 e. The molecule has 0 N–H and O–H groups in total. The van der Waals surface area contributed by atoms with E-state index in [-0.39, 0.29) is 11.7 Å². The van der Waals surface area contributed by atoms with Crippen LogP contribution in [0.1, 0.15) is 30.1 Å². The zero-order valence-corrected chi connectivity index (χ0v) is 13.3. The number of hydrogen-bond donors (Lipinski definition) is 0. The van der Waals surface area contributed by atoms with Crippen molar-refractivity contribution in [1.29, 1.82) is 0 Å². The van der Waals surface area contributed by atoms with Gasteiger partial charge in [0.2, 0.25) is 0 Å². The van der Waals surface area contributed by atoms with Crippen LogP contribution in [0.2, 0.25) is 0 Å². The summed E-state index contributed by atoms with van der Waals surface area (Å²) in [4.78, 5) is 5.72. The molecule has 3 aromatic heterocycles. The molecule has 5 nitrogen and oxygen atoms in total. The minimum absolute atomic E-state index is 0.00600. The topological polar surface area (TPSA) is 46.3 Å². The van der Waals surface area contributed by atoms with Gasteiger partial charge in [0.15, 0.2) is 5.65 Å². The van der Waals surface area contributed by atoms with Gasteiger partial charge in [-0.1, -0.05) is 6.07 Å². The molecule has 1 aliphatic rings. The van der Waals surface area contributed by atoms with Crippen molar-refractivity contribution in [2.75, 3.05) is 18.0 Å². The van der Waals surface area contributed by atoms with Gasteiger partial charge in [-0.05, 0) is 37.1 Å². The van der Waals surface area contributed by atoms with E-state index in [1.807, 2.05) is 28.8 Å². The molecule has 0 spiro atoms. The first-order chi connectivity index (χ1) is 12.0. The van der Waals surface area contributed by atoms with Crippen molar-refractivity contribution in [2.45, 2.75) is 24.9 Å². The number of hydrogen-bond acceptors (Lipinski definition) is 4. The van der Waals surface area contributed by atoms with Gasteiger partial charge in [-0.25, -0.2) is 4.98 Å². The second kappa shape index (κ2) is 6.02. The van der Waals surface area contributed by atoms with Gasteiger partial charge in [0.05, 0.1) is 5.56 Å². The molecule has 4 rings (SSSR count). The van der Waals surface area contributed by atoms with E-state index >= 15 is 0 Å². The molecule has 1 saturated heterocycles. The summed E-state index contributed by atoms with van der Waals surface area (Å²) in [6, 6.07) is 8.03. The summed E-state index contributed by atoms with van der Waals surface area (Å²) in [7, 11) is 0. The zero-order valence-electron chi connectivity index (χ0n) is 13.3. The molecule has 1 aliphatic heterocycles. The van der Waals surface area contributed by atoms with Gasteiger partial charge in [0, 0.05) is 31.4 Å². The first-order valence-corrected chi connectivity index (χ1v) is 8.11. The Morgan fingerprint density at radius 3 is 2.80 bits per heavy atom. The number of fused-ring (bicyclic) bond motifs is 1. The van der Waals surface area contributed by atoms with Crippen LogP contribution < -0.4 is 4.90 Å². The fourth-order valence-electron chi connectivity index (χ4n) is 3.39. The Labute approximate surface area is 142 Å². The lowest BCUT2D eigenvalue weighted by atomic mass is 9.96. The Kier molecular flexibility index (Phi) is 3.82. The number of aromatic nitrogens is 4. The van der Waals surface area contributed by atoms with E-state index in [1.54, 1.807) is 4.90 Å². The molecule has 1 atom stereocenters. The van der Waals surface area contributed by atoms with E-state index < -0.39 is 11.7 Å². The fourth-order valence-corrected chi connectivity index (χ4v) is 3.39. The average molecular weight is 347 g/mol. The predicted octanol–water partition coefficient (Wildman–Crippen LogP) is 3.53. The Hall–Kier alpha value is -2.64. The highest BCUT2D eigenvalue weighted by Crippen LogP contribution is 2.37. The molecule has 0 radical (unpaired) electrons. The van der Waals surface area contributed by atoms with E-state index in [0.29, 0.717) is 13.1 Å². The second-order valence-electron chi connectivity index (χ2n) is 6.14. The Balaban J connectivity index is 1.66. The number of piperidine rings is 1. The molecule has 1 fully saturated rings. The van der Waals surface area contributed by atoms with Crippen molar-refractivity contribution in [3.05, 3.63) is 54.1 Å². The highest BCUT2D eigenvalue weighted by molar-refractivity contribution is 5.49. The molecule has 8 heteroatoms. The van der Waals surface area contributed by atoms with Gasteiger partial charge in [-0.15, -0.1) is 10.2 Å². The van der Waals surface area contributed by atoms with Gasteiger partial charge in [-0.3, -0.25) is 4.40 Å². The first kappa shape index (κ1) is 15.9. The summed E-state index contributed by atoms with van der Waals surface area (Å²) in [6.07, 6.45) is 0.505. The number of nitrogens with zero attached hydrogens (tertiary/aromatic N) is 5. The SMILES string of the molecule is FC(F)(F)c1cccnc1N1CCC[C@@H](c2nnc3ccccn23)C1. The lowest BCUT2D eigenvalue weighted by molar-refractivity contribution is -0.137. The van der Waals surface area contributed by atoms with Crippen molar-refractivity contribution < 1.29 is 13.2 Å². The molecule has 3 aromatic rings. The molecular weight excluding hydrogens is 331 g/mol. The number of rotatable bonds is 2. The lowest BCUT2D eigenvalue weighted by Crippen LogP contribution is -2.37. The molecule has 4 heterocycles. The summed E-state index contributed by atoms with van der Waals surface area (Å²) in [5, 5.41) is 8.41. The molecule has 0 aromatic carbocycles. The first-order valence-electron chi connectivity index (χ1n) is 8.11. The molecule has 25 heavy (non-hydrogen) atoms. The van der Waals surface area contributed by atoms with E-state index in [2.05, 4.69) is 15.2 Å². The Bertz CT molecular complexity index is 889. The van der Waals surface area contributed by atoms with Crippen LogP contribution in [-0.4, -0.2) is 32.7 Å². The molecule has 0 amide bonds. The molecule has 0 bridgehead atoms. The molecular formula is C17H16F3N5. The third-order valence-corrected chi connectivity index (χ3v) is 4.52. The fraction of sp³-hybridized carbons (Fsp3) is 0.353. The van der Waals surface area contributed by atoms with Crippen LogP contribution in [0.25, 0.3) is 5.65 Å². The van der Waals surface area contributed by atoms with Crippen molar-refractivity contribution in [3.8, 4) is 0 Å². The van der Waals surface area contributed by atoms with Gasteiger partial charge in [-0.2, -0.15) is 13.2 Å². The third-order valence-electron chi connectivity index (χ3n) is 4.52. The van der Waals surface area contributed by atoms with Crippen molar-refractivity contribution >= 4 is 11.5 Å². The zero-order chi connectivity index (χ0) is 17.4. The molecule has 0 aliphatic carbocycles. The van der Waals surface area contributed by atoms with E-state index in [1.165, 1.54) is 12.3 Å². The summed E-state index contributed by atoms with van der Waals surface area (Å²) >= 11 is 0. The number of pyridine rings is 2. The maximum Gasteiger partial charge on any atom is 0.419 e. The number of anilines is 1. The standard InChI is InChI=1S/C17H16F3N5/c18-17(19,20)13-6-3-8-21-16(13)24-9-4-5-12(11-24)15-23-22-14-7-1-2-10-25(14)15/h1-3,6-8,10,12H,4-5,9,11H2/t12-/m1/s1. The largest absolute Gasteiger partial charge is 0.419 e. The molecule has 0 saturated carbocycles. The van der Waals surface area contributed by atoms with Gasteiger partial charge < -0.3 is 4.90 Å². The summed E-state index contributed by atoms with van der Waals surface area (Å²) in [5.74, 6) is 0.785.